The molecule has 3 rings (SSSR count). The van der Waals surface area contributed by atoms with Crippen molar-refractivity contribution in [3.63, 3.8) is 0 Å². The lowest BCUT2D eigenvalue weighted by atomic mass is 10.0. The Labute approximate surface area is 181 Å². The van der Waals surface area contributed by atoms with Gasteiger partial charge in [-0.15, -0.1) is 0 Å². The van der Waals surface area contributed by atoms with Crippen LogP contribution >= 0.6 is 0 Å². The van der Waals surface area contributed by atoms with Gasteiger partial charge in [0, 0.05) is 35.3 Å². The van der Waals surface area contributed by atoms with Crippen molar-refractivity contribution >= 4 is 5.70 Å². The van der Waals surface area contributed by atoms with E-state index in [1.54, 1.807) is 0 Å². The maximum absolute atomic E-state index is 4.26. The van der Waals surface area contributed by atoms with Gasteiger partial charge in [-0.05, 0) is 75.8 Å². The molecule has 0 amide bonds. The van der Waals surface area contributed by atoms with Gasteiger partial charge in [-0.25, -0.2) is 0 Å². The maximum atomic E-state index is 4.26. The van der Waals surface area contributed by atoms with Crippen LogP contribution in [0.3, 0.4) is 0 Å². The Morgan fingerprint density at radius 1 is 1.20 bits per heavy atom. The minimum atomic E-state index is 0.938. The Hall–Kier alpha value is -3.18. The number of allylic oxidation sites excluding steroid dienone is 6. The summed E-state index contributed by atoms with van der Waals surface area (Å²) in [6, 6.07) is 10.6. The Bertz CT molecular complexity index is 1020. The molecule has 0 radical (unpaired) electrons. The third-order valence-electron chi connectivity index (χ3n) is 5.27. The SMILES string of the molecule is C=C(NCCCC/C=C\C)c1ccc(-n2cccc2C)c(C#CC2=CCCC=C2)c1. The summed E-state index contributed by atoms with van der Waals surface area (Å²) in [6.45, 7) is 9.38. The second kappa shape index (κ2) is 11.1. The number of aromatic nitrogens is 1. The van der Waals surface area contributed by atoms with Gasteiger partial charge >= 0.3 is 0 Å². The lowest BCUT2D eigenvalue weighted by molar-refractivity contribution is 0.711. The van der Waals surface area contributed by atoms with Gasteiger partial charge in [0.1, 0.15) is 0 Å². The minimum Gasteiger partial charge on any atom is -0.385 e. The van der Waals surface area contributed by atoms with Crippen LogP contribution in [0.4, 0.5) is 0 Å². The van der Waals surface area contributed by atoms with Crippen LogP contribution in [0, 0.1) is 18.8 Å². The van der Waals surface area contributed by atoms with Crippen molar-refractivity contribution in [2.45, 2.75) is 46.0 Å². The third kappa shape index (κ3) is 5.91. The molecule has 1 heterocycles. The Balaban J connectivity index is 1.80. The molecule has 154 valence electrons. The predicted molar refractivity (Wildman–Crippen MR) is 130 cm³/mol. The zero-order valence-corrected chi connectivity index (χ0v) is 18.2. The van der Waals surface area contributed by atoms with Crippen molar-refractivity contribution in [1.29, 1.82) is 0 Å². The summed E-state index contributed by atoms with van der Waals surface area (Å²) in [5, 5.41) is 3.48. The first kappa shape index (κ1) is 21.5. The highest BCUT2D eigenvalue weighted by atomic mass is 15.0. The van der Waals surface area contributed by atoms with Crippen molar-refractivity contribution in [2.24, 2.45) is 0 Å². The Kier molecular flexibility index (Phi) is 7.98. The van der Waals surface area contributed by atoms with Crippen LogP contribution in [-0.4, -0.2) is 11.1 Å². The largest absolute Gasteiger partial charge is 0.385 e. The second-order valence-electron chi connectivity index (χ2n) is 7.61. The highest BCUT2D eigenvalue weighted by Crippen LogP contribution is 2.22. The number of nitrogens with one attached hydrogen (secondary N) is 1. The summed E-state index contributed by atoms with van der Waals surface area (Å²) < 4.78 is 2.19. The lowest BCUT2D eigenvalue weighted by Crippen LogP contribution is -2.13. The van der Waals surface area contributed by atoms with Crippen LogP contribution in [0.15, 0.2) is 79.1 Å². The minimum absolute atomic E-state index is 0.938. The standard InChI is InChI=1S/C28H32N2/c1-4-5-6-7-11-20-29-24(3)26-18-19-28(30-21-12-13-23(30)2)27(22-26)17-16-25-14-9-8-10-15-25/h4-5,9,12-15,18-19,21-22,29H,3,6-8,10-11,20H2,1-2H3/b5-4-. The molecule has 2 aromatic rings. The molecule has 1 aliphatic carbocycles. The molecular formula is C28H32N2. The molecular weight excluding hydrogens is 364 g/mol. The van der Waals surface area contributed by atoms with Gasteiger partial charge in [-0.2, -0.15) is 0 Å². The summed E-state index contributed by atoms with van der Waals surface area (Å²) >= 11 is 0. The zero-order chi connectivity index (χ0) is 21.2. The van der Waals surface area contributed by atoms with Crippen LogP contribution in [0.1, 0.15) is 55.8 Å². The fourth-order valence-corrected chi connectivity index (χ4v) is 3.51. The van der Waals surface area contributed by atoms with Gasteiger partial charge in [0.05, 0.1) is 5.69 Å². The van der Waals surface area contributed by atoms with Gasteiger partial charge in [0.25, 0.3) is 0 Å². The summed E-state index contributed by atoms with van der Waals surface area (Å²) in [5.74, 6) is 6.77. The van der Waals surface area contributed by atoms with Crippen LogP contribution in [0.25, 0.3) is 11.4 Å². The number of hydrogen-bond donors (Lipinski definition) is 1. The van der Waals surface area contributed by atoms with Gasteiger partial charge in [-0.1, -0.05) is 54.9 Å². The van der Waals surface area contributed by atoms with Crippen LogP contribution in [0.5, 0.6) is 0 Å². The average Bonchev–Trinajstić information content (AvgIpc) is 3.20. The summed E-state index contributed by atoms with van der Waals surface area (Å²) in [6.07, 6.45) is 18.6. The molecule has 1 aromatic heterocycles. The summed E-state index contributed by atoms with van der Waals surface area (Å²) in [4.78, 5) is 0. The van der Waals surface area contributed by atoms with E-state index in [2.05, 4.69) is 109 Å². The highest BCUT2D eigenvalue weighted by molar-refractivity contribution is 5.67. The van der Waals surface area contributed by atoms with Gasteiger partial charge in [0.2, 0.25) is 0 Å². The van der Waals surface area contributed by atoms with E-state index in [1.165, 1.54) is 12.1 Å². The monoisotopic (exact) mass is 396 g/mol. The fourth-order valence-electron chi connectivity index (χ4n) is 3.51. The number of nitrogens with zero attached hydrogens (tertiary/aromatic N) is 1. The van der Waals surface area contributed by atoms with Crippen molar-refractivity contribution in [1.82, 2.24) is 9.88 Å². The fraction of sp³-hybridized carbons (Fsp3) is 0.286. The number of rotatable bonds is 8. The van der Waals surface area contributed by atoms with Crippen LogP contribution in [0.2, 0.25) is 0 Å². The van der Waals surface area contributed by atoms with Crippen molar-refractivity contribution < 1.29 is 0 Å². The van der Waals surface area contributed by atoms with Gasteiger partial charge in [-0.3, -0.25) is 0 Å². The number of unbranched alkanes of at least 4 members (excludes halogenated alkanes) is 2. The first-order chi connectivity index (χ1) is 14.7. The molecule has 2 heteroatoms. The van der Waals surface area contributed by atoms with E-state index in [1.807, 2.05) is 0 Å². The quantitative estimate of drug-likeness (QED) is 0.298. The number of aryl methyl sites for hydroxylation is 1. The van der Waals surface area contributed by atoms with E-state index in [-0.39, 0.29) is 0 Å². The Morgan fingerprint density at radius 2 is 2.10 bits per heavy atom. The summed E-state index contributed by atoms with van der Waals surface area (Å²) in [5.41, 5.74) is 6.46. The lowest BCUT2D eigenvalue weighted by Gasteiger charge is -2.14. The molecule has 2 nitrogen and oxygen atoms in total. The molecule has 30 heavy (non-hydrogen) atoms. The van der Waals surface area contributed by atoms with E-state index in [0.29, 0.717) is 0 Å². The molecule has 0 fully saturated rings. The Morgan fingerprint density at radius 3 is 2.83 bits per heavy atom. The molecule has 0 spiro atoms. The van der Waals surface area contributed by atoms with E-state index < -0.39 is 0 Å². The number of benzene rings is 1. The van der Waals surface area contributed by atoms with E-state index in [4.69, 9.17) is 0 Å². The number of hydrogen-bond acceptors (Lipinski definition) is 1. The molecule has 0 unspecified atom stereocenters. The molecule has 0 saturated carbocycles. The molecule has 0 aliphatic heterocycles. The van der Waals surface area contributed by atoms with E-state index in [0.717, 1.165) is 60.3 Å². The molecule has 0 bridgehead atoms. The van der Waals surface area contributed by atoms with Crippen molar-refractivity contribution in [3.05, 3.63) is 95.9 Å². The third-order valence-corrected chi connectivity index (χ3v) is 5.27. The second-order valence-corrected chi connectivity index (χ2v) is 7.61. The van der Waals surface area contributed by atoms with Crippen molar-refractivity contribution in [2.75, 3.05) is 6.54 Å². The van der Waals surface area contributed by atoms with Gasteiger partial charge < -0.3 is 9.88 Å². The van der Waals surface area contributed by atoms with Crippen LogP contribution < -0.4 is 5.32 Å². The normalized spacial score (nSPS) is 13.1. The molecule has 0 saturated heterocycles. The molecule has 1 N–H and O–H groups in total. The predicted octanol–water partition coefficient (Wildman–Crippen LogP) is 6.72. The maximum Gasteiger partial charge on any atom is 0.0609 e. The smallest absolute Gasteiger partial charge is 0.0609 e. The molecule has 1 aromatic carbocycles. The summed E-state index contributed by atoms with van der Waals surface area (Å²) in [7, 11) is 0. The van der Waals surface area contributed by atoms with E-state index in [9.17, 15) is 0 Å². The first-order valence-electron chi connectivity index (χ1n) is 10.9. The topological polar surface area (TPSA) is 17.0 Å². The van der Waals surface area contributed by atoms with Crippen molar-refractivity contribution in [3.8, 4) is 17.5 Å². The van der Waals surface area contributed by atoms with E-state index >= 15 is 0 Å². The zero-order valence-electron chi connectivity index (χ0n) is 18.2. The highest BCUT2D eigenvalue weighted by Gasteiger charge is 2.08. The molecule has 1 aliphatic rings. The van der Waals surface area contributed by atoms with Crippen LogP contribution in [-0.2, 0) is 0 Å². The van der Waals surface area contributed by atoms with Gasteiger partial charge in [0.15, 0.2) is 0 Å². The first-order valence-corrected chi connectivity index (χ1v) is 10.9. The molecule has 0 atom stereocenters. The average molecular weight is 397 g/mol.